The van der Waals surface area contributed by atoms with Crippen molar-refractivity contribution in [1.29, 1.82) is 5.26 Å². The molecule has 0 N–H and O–H groups in total. The molecule has 0 spiro atoms. The maximum atomic E-state index is 12.4. The molecule has 2 aromatic rings. The van der Waals surface area contributed by atoms with E-state index >= 15 is 0 Å². The highest BCUT2D eigenvalue weighted by Gasteiger charge is 2.33. The van der Waals surface area contributed by atoms with Crippen LogP contribution in [-0.4, -0.2) is 15.2 Å². The topological polar surface area (TPSA) is 71.0 Å². The highest BCUT2D eigenvalue weighted by molar-refractivity contribution is 5.55. The molecular formula is C20H24N4O2. The first-order valence-electron chi connectivity index (χ1n) is 8.90. The fourth-order valence-corrected chi connectivity index (χ4v) is 3.24. The number of anilines is 1. The molecule has 26 heavy (non-hydrogen) atoms. The molecule has 0 amide bonds. The summed E-state index contributed by atoms with van der Waals surface area (Å²) in [5.74, 6) is 0.891. The van der Waals surface area contributed by atoms with E-state index < -0.39 is 11.2 Å². The Morgan fingerprint density at radius 2 is 1.77 bits per heavy atom. The Bertz CT molecular complexity index is 973. The van der Waals surface area contributed by atoms with Gasteiger partial charge in [-0.3, -0.25) is 13.9 Å². The van der Waals surface area contributed by atoms with Crippen molar-refractivity contribution in [1.82, 2.24) is 9.13 Å². The van der Waals surface area contributed by atoms with Crippen LogP contribution < -0.4 is 16.1 Å². The lowest BCUT2D eigenvalue weighted by Crippen LogP contribution is -2.43. The maximum Gasteiger partial charge on any atom is 0.332 e. The van der Waals surface area contributed by atoms with Gasteiger partial charge in [0.15, 0.2) is 5.56 Å². The Kier molecular flexibility index (Phi) is 4.73. The Labute approximate surface area is 152 Å². The van der Waals surface area contributed by atoms with Crippen LogP contribution in [0.4, 0.5) is 5.82 Å². The van der Waals surface area contributed by atoms with E-state index in [0.29, 0.717) is 18.3 Å². The lowest BCUT2D eigenvalue weighted by Gasteiger charge is -2.27. The van der Waals surface area contributed by atoms with Crippen molar-refractivity contribution in [3.05, 3.63) is 61.8 Å². The van der Waals surface area contributed by atoms with Crippen molar-refractivity contribution in [2.45, 2.75) is 45.2 Å². The van der Waals surface area contributed by atoms with Crippen LogP contribution in [0, 0.1) is 11.3 Å². The van der Waals surface area contributed by atoms with Gasteiger partial charge in [-0.1, -0.05) is 38.1 Å². The average molecular weight is 352 g/mol. The molecule has 1 heterocycles. The molecule has 136 valence electrons. The van der Waals surface area contributed by atoms with E-state index in [0.717, 1.165) is 23.0 Å². The first kappa shape index (κ1) is 18.0. The standard InChI is InChI=1S/C20H24N4O2/c1-13(2)15-7-5-14(6-8-15)12-24(16-9-10-16)18-17(11-21)19(25)23(4)20(26)22(18)3/h5-8,13,16H,9-10,12H2,1-4H3. The van der Waals surface area contributed by atoms with Gasteiger partial charge in [0.25, 0.3) is 5.56 Å². The van der Waals surface area contributed by atoms with Crippen LogP contribution in [0.1, 0.15) is 49.3 Å². The predicted octanol–water partition coefficient (Wildman–Crippen LogP) is 2.25. The van der Waals surface area contributed by atoms with Gasteiger partial charge in [-0.25, -0.2) is 4.79 Å². The number of benzene rings is 1. The molecule has 6 nitrogen and oxygen atoms in total. The van der Waals surface area contributed by atoms with Crippen LogP contribution in [0.15, 0.2) is 33.9 Å². The zero-order valence-corrected chi connectivity index (χ0v) is 15.7. The zero-order chi connectivity index (χ0) is 19.0. The zero-order valence-electron chi connectivity index (χ0n) is 15.7. The van der Waals surface area contributed by atoms with Gasteiger partial charge in [-0.15, -0.1) is 0 Å². The Morgan fingerprint density at radius 3 is 2.27 bits per heavy atom. The summed E-state index contributed by atoms with van der Waals surface area (Å²) in [6, 6.07) is 10.6. The van der Waals surface area contributed by atoms with Gasteiger partial charge in [0.05, 0.1) is 0 Å². The van der Waals surface area contributed by atoms with E-state index in [1.807, 2.05) is 11.0 Å². The van der Waals surface area contributed by atoms with Gasteiger partial charge in [0, 0.05) is 26.7 Å². The van der Waals surface area contributed by atoms with E-state index in [9.17, 15) is 14.9 Å². The predicted molar refractivity (Wildman–Crippen MR) is 101 cm³/mol. The van der Waals surface area contributed by atoms with Crippen molar-refractivity contribution in [3.8, 4) is 6.07 Å². The van der Waals surface area contributed by atoms with E-state index in [-0.39, 0.29) is 11.6 Å². The van der Waals surface area contributed by atoms with Crippen LogP contribution in [0.5, 0.6) is 0 Å². The van der Waals surface area contributed by atoms with Crippen molar-refractivity contribution in [2.75, 3.05) is 4.90 Å². The minimum Gasteiger partial charge on any atom is -0.349 e. The fraction of sp³-hybridized carbons (Fsp3) is 0.450. The summed E-state index contributed by atoms with van der Waals surface area (Å²) in [5, 5.41) is 9.55. The molecule has 1 aromatic carbocycles. The summed E-state index contributed by atoms with van der Waals surface area (Å²) < 4.78 is 2.41. The van der Waals surface area contributed by atoms with Gasteiger partial charge in [0.2, 0.25) is 0 Å². The monoisotopic (exact) mass is 352 g/mol. The molecule has 0 radical (unpaired) electrons. The first-order chi connectivity index (χ1) is 12.3. The van der Waals surface area contributed by atoms with E-state index in [1.165, 1.54) is 17.2 Å². The smallest absolute Gasteiger partial charge is 0.332 e. The Hall–Kier alpha value is -2.81. The largest absolute Gasteiger partial charge is 0.349 e. The molecule has 1 aromatic heterocycles. The van der Waals surface area contributed by atoms with Gasteiger partial charge < -0.3 is 4.90 Å². The first-order valence-corrected chi connectivity index (χ1v) is 8.90. The van der Waals surface area contributed by atoms with E-state index in [4.69, 9.17) is 0 Å². The molecule has 1 aliphatic rings. The van der Waals surface area contributed by atoms with Gasteiger partial charge in [-0.2, -0.15) is 5.26 Å². The average Bonchev–Trinajstić information content (AvgIpc) is 3.46. The number of hydrogen-bond donors (Lipinski definition) is 0. The summed E-state index contributed by atoms with van der Waals surface area (Å²) in [4.78, 5) is 26.8. The normalized spacial score (nSPS) is 13.7. The quantitative estimate of drug-likeness (QED) is 0.827. The van der Waals surface area contributed by atoms with Crippen LogP contribution in [0.3, 0.4) is 0 Å². The molecule has 0 bridgehead atoms. The van der Waals surface area contributed by atoms with Crippen LogP contribution in [0.2, 0.25) is 0 Å². The lowest BCUT2D eigenvalue weighted by molar-refractivity contribution is 0.648. The number of aromatic nitrogens is 2. The van der Waals surface area contributed by atoms with Crippen molar-refractivity contribution in [2.24, 2.45) is 14.1 Å². The second-order valence-electron chi connectivity index (χ2n) is 7.27. The van der Waals surface area contributed by atoms with Gasteiger partial charge in [-0.05, 0) is 29.9 Å². The highest BCUT2D eigenvalue weighted by Crippen LogP contribution is 2.33. The van der Waals surface area contributed by atoms with Gasteiger partial charge in [0.1, 0.15) is 11.9 Å². The minimum absolute atomic E-state index is 0.0281. The van der Waals surface area contributed by atoms with Crippen molar-refractivity contribution < 1.29 is 0 Å². The lowest BCUT2D eigenvalue weighted by atomic mass is 10.0. The van der Waals surface area contributed by atoms with Gasteiger partial charge >= 0.3 is 5.69 Å². The second-order valence-corrected chi connectivity index (χ2v) is 7.27. The molecule has 0 atom stereocenters. The Morgan fingerprint density at radius 1 is 1.15 bits per heavy atom. The van der Waals surface area contributed by atoms with E-state index in [1.54, 1.807) is 7.05 Å². The highest BCUT2D eigenvalue weighted by atomic mass is 16.2. The second kappa shape index (κ2) is 6.83. The third kappa shape index (κ3) is 3.17. The fourth-order valence-electron chi connectivity index (χ4n) is 3.24. The van der Waals surface area contributed by atoms with Crippen molar-refractivity contribution >= 4 is 5.82 Å². The van der Waals surface area contributed by atoms with Crippen molar-refractivity contribution in [3.63, 3.8) is 0 Å². The summed E-state index contributed by atoms with van der Waals surface area (Å²) in [6.45, 7) is 4.87. The molecule has 1 saturated carbocycles. The number of hydrogen-bond acceptors (Lipinski definition) is 4. The number of rotatable bonds is 5. The van der Waals surface area contributed by atoms with Crippen LogP contribution in [-0.2, 0) is 20.6 Å². The third-order valence-electron chi connectivity index (χ3n) is 5.00. The summed E-state index contributed by atoms with van der Waals surface area (Å²) in [5.41, 5.74) is 1.44. The summed E-state index contributed by atoms with van der Waals surface area (Å²) in [7, 11) is 3.02. The molecule has 1 fully saturated rings. The molecule has 0 unspecified atom stereocenters. The molecule has 1 aliphatic carbocycles. The summed E-state index contributed by atoms with van der Waals surface area (Å²) in [6.07, 6.45) is 2.00. The van der Waals surface area contributed by atoms with E-state index in [2.05, 4.69) is 38.1 Å². The Balaban J connectivity index is 2.06. The van der Waals surface area contributed by atoms with Crippen LogP contribution in [0.25, 0.3) is 0 Å². The minimum atomic E-state index is -0.536. The molecule has 3 rings (SSSR count). The maximum absolute atomic E-state index is 12.4. The third-order valence-corrected chi connectivity index (χ3v) is 5.00. The number of nitrogens with zero attached hydrogens (tertiary/aromatic N) is 4. The van der Waals surface area contributed by atoms with Crippen LogP contribution >= 0.6 is 0 Å². The molecular weight excluding hydrogens is 328 g/mol. The molecule has 0 saturated heterocycles. The summed E-state index contributed by atoms with van der Waals surface area (Å²) >= 11 is 0. The number of nitriles is 1. The molecule has 0 aliphatic heterocycles. The molecule has 6 heteroatoms. The SMILES string of the molecule is CC(C)c1ccc(CN(c2c(C#N)c(=O)n(C)c(=O)n2C)C2CC2)cc1.